The fourth-order valence-corrected chi connectivity index (χ4v) is 4.52. The number of amidine groups is 1. The number of thioether (sulfide) groups is 1. The second-order valence-electron chi connectivity index (χ2n) is 5.79. The zero-order chi connectivity index (χ0) is 19.6. The molecule has 2 heterocycles. The van der Waals surface area contributed by atoms with Crippen molar-refractivity contribution in [1.29, 1.82) is 0 Å². The summed E-state index contributed by atoms with van der Waals surface area (Å²) in [7, 11) is 1.60. The molecular weight excluding hydrogens is 432 g/mol. The molecule has 8 heteroatoms. The Balaban J connectivity index is 2.15. The third-order valence-electron chi connectivity index (χ3n) is 4.17. The highest BCUT2D eigenvalue weighted by Gasteiger charge is 2.38. The van der Waals surface area contributed by atoms with E-state index < -0.39 is 0 Å². The maximum Gasteiger partial charge on any atom is 0.338 e. The van der Waals surface area contributed by atoms with E-state index in [2.05, 4.69) is 20.9 Å². The van der Waals surface area contributed by atoms with Gasteiger partial charge in [0.1, 0.15) is 0 Å². The van der Waals surface area contributed by atoms with Gasteiger partial charge in [-0.05, 0) is 59.8 Å². The molecule has 0 radical (unpaired) electrons. The number of carbonyl (C=O) groups is 1. The van der Waals surface area contributed by atoms with E-state index in [0.717, 1.165) is 15.2 Å². The molecule has 2 aliphatic heterocycles. The highest BCUT2D eigenvalue weighted by molar-refractivity contribution is 9.10. The van der Waals surface area contributed by atoms with E-state index >= 15 is 0 Å². The molecule has 0 fully saturated rings. The molecule has 0 N–H and O–H groups in total. The van der Waals surface area contributed by atoms with Gasteiger partial charge in [0.15, 0.2) is 16.7 Å². The first kappa shape index (κ1) is 19.8. The molecule has 0 saturated heterocycles. The van der Waals surface area contributed by atoms with Crippen LogP contribution in [0.1, 0.15) is 32.4 Å². The fourth-order valence-electron chi connectivity index (χ4n) is 3.10. The number of nitrogens with zero attached hydrogens (tertiary/aromatic N) is 2. The largest absolute Gasteiger partial charge is 0.492 e. The van der Waals surface area contributed by atoms with E-state index in [9.17, 15) is 4.79 Å². The first-order chi connectivity index (χ1) is 13.0. The molecule has 3 rings (SSSR count). The van der Waals surface area contributed by atoms with Crippen molar-refractivity contribution < 1.29 is 19.0 Å². The van der Waals surface area contributed by atoms with E-state index in [1.807, 2.05) is 42.5 Å². The quantitative estimate of drug-likeness (QED) is 0.586. The summed E-state index contributed by atoms with van der Waals surface area (Å²) in [5.74, 6) is 0.873. The minimum atomic E-state index is -0.363. The summed E-state index contributed by atoms with van der Waals surface area (Å²) in [6.07, 6.45) is 1.93. The minimum Gasteiger partial charge on any atom is -0.492 e. The lowest BCUT2D eigenvalue weighted by molar-refractivity contribution is -0.139. The maximum atomic E-state index is 12.7. The van der Waals surface area contributed by atoms with Crippen LogP contribution in [0.3, 0.4) is 0 Å². The topological polar surface area (TPSA) is 60.4 Å². The molecule has 0 bridgehead atoms. The number of methoxy groups -OCH3 is 1. The molecule has 1 aromatic rings. The van der Waals surface area contributed by atoms with Crippen molar-refractivity contribution in [3.05, 3.63) is 45.0 Å². The van der Waals surface area contributed by atoms with Crippen LogP contribution in [-0.4, -0.2) is 36.4 Å². The zero-order valence-corrected chi connectivity index (χ0v) is 18.0. The van der Waals surface area contributed by atoms with Crippen LogP contribution < -0.4 is 9.47 Å². The monoisotopic (exact) mass is 452 g/mol. The third-order valence-corrected chi connectivity index (χ3v) is 5.53. The normalized spacial score (nSPS) is 18.3. The predicted octanol–water partition coefficient (Wildman–Crippen LogP) is 4.62. The number of rotatable bonds is 6. The summed E-state index contributed by atoms with van der Waals surface area (Å²) in [5, 5.41) is 2.78. The molecule has 144 valence electrons. The van der Waals surface area contributed by atoms with Gasteiger partial charge in [0.05, 0.1) is 42.1 Å². The summed E-state index contributed by atoms with van der Waals surface area (Å²) in [5.41, 5.74) is 2.06. The SMILES string of the molecule is CCOC(=O)C1=C(C)N=C2SC=CN2[C@@H]1c1cc(Br)c(OC)c(OCC)c1. The Hall–Kier alpha value is -1.93. The van der Waals surface area contributed by atoms with E-state index in [1.165, 1.54) is 11.8 Å². The van der Waals surface area contributed by atoms with Crippen molar-refractivity contribution in [3.63, 3.8) is 0 Å². The van der Waals surface area contributed by atoms with Crippen molar-refractivity contribution in [3.8, 4) is 11.5 Å². The maximum absolute atomic E-state index is 12.7. The highest BCUT2D eigenvalue weighted by atomic mass is 79.9. The van der Waals surface area contributed by atoms with Gasteiger partial charge in [-0.2, -0.15) is 0 Å². The van der Waals surface area contributed by atoms with Crippen molar-refractivity contribution in [2.24, 2.45) is 4.99 Å². The second kappa shape index (κ2) is 8.39. The van der Waals surface area contributed by atoms with Crippen LogP contribution >= 0.6 is 27.7 Å². The summed E-state index contributed by atoms with van der Waals surface area (Å²) in [6.45, 7) is 6.36. The lowest BCUT2D eigenvalue weighted by Crippen LogP contribution is -2.34. The van der Waals surface area contributed by atoms with Crippen molar-refractivity contribution >= 4 is 38.8 Å². The molecule has 1 atom stereocenters. The number of allylic oxidation sites excluding steroid dienone is 1. The number of aliphatic imine (C=N–C) groups is 1. The number of carbonyl (C=O) groups excluding carboxylic acids is 1. The lowest BCUT2D eigenvalue weighted by Gasteiger charge is -2.33. The van der Waals surface area contributed by atoms with Gasteiger partial charge >= 0.3 is 5.97 Å². The Kier molecular flexibility index (Phi) is 6.16. The van der Waals surface area contributed by atoms with Gasteiger partial charge < -0.3 is 19.1 Å². The number of fused-ring (bicyclic) bond motifs is 1. The smallest absolute Gasteiger partial charge is 0.338 e. The van der Waals surface area contributed by atoms with Crippen LogP contribution in [0.4, 0.5) is 0 Å². The molecule has 0 saturated carbocycles. The second-order valence-corrected chi connectivity index (χ2v) is 7.52. The lowest BCUT2D eigenvalue weighted by atomic mass is 9.94. The molecule has 2 aliphatic rings. The standard InChI is InChI=1S/C19H21BrN2O4S/c1-5-25-14-10-12(9-13(20)17(14)24-4)16-15(18(23)26-6-2)11(3)21-19-22(16)7-8-27-19/h7-10,16H,5-6H2,1-4H3/t16-/m1/s1. The Bertz CT molecular complexity index is 850. The summed E-state index contributed by atoms with van der Waals surface area (Å²) >= 11 is 5.08. The summed E-state index contributed by atoms with van der Waals surface area (Å²) in [4.78, 5) is 19.3. The van der Waals surface area contributed by atoms with Gasteiger partial charge in [-0.15, -0.1) is 0 Å². The first-order valence-electron chi connectivity index (χ1n) is 8.60. The predicted molar refractivity (Wildman–Crippen MR) is 110 cm³/mol. The number of hydrogen-bond acceptors (Lipinski definition) is 7. The number of esters is 1. The molecule has 0 unspecified atom stereocenters. The molecule has 0 spiro atoms. The van der Waals surface area contributed by atoms with E-state index in [1.54, 1.807) is 14.0 Å². The van der Waals surface area contributed by atoms with Crippen LogP contribution in [0.5, 0.6) is 11.5 Å². The molecular formula is C19H21BrN2O4S. The first-order valence-corrected chi connectivity index (χ1v) is 10.3. The van der Waals surface area contributed by atoms with Crippen LogP contribution in [0.2, 0.25) is 0 Å². The van der Waals surface area contributed by atoms with Crippen LogP contribution in [0, 0.1) is 0 Å². The molecule has 0 amide bonds. The Morgan fingerprint density at radius 1 is 1.33 bits per heavy atom. The zero-order valence-electron chi connectivity index (χ0n) is 15.6. The Morgan fingerprint density at radius 2 is 2.11 bits per heavy atom. The molecule has 0 aliphatic carbocycles. The number of halogens is 1. The molecule has 27 heavy (non-hydrogen) atoms. The van der Waals surface area contributed by atoms with E-state index in [-0.39, 0.29) is 12.0 Å². The van der Waals surface area contributed by atoms with E-state index in [0.29, 0.717) is 36.0 Å². The van der Waals surface area contributed by atoms with Gasteiger partial charge in [-0.1, -0.05) is 11.8 Å². The van der Waals surface area contributed by atoms with Crippen LogP contribution in [0.25, 0.3) is 0 Å². The van der Waals surface area contributed by atoms with Crippen molar-refractivity contribution in [2.45, 2.75) is 26.8 Å². The fraction of sp³-hybridized carbons (Fsp3) is 0.368. The van der Waals surface area contributed by atoms with E-state index in [4.69, 9.17) is 14.2 Å². The number of benzene rings is 1. The van der Waals surface area contributed by atoms with Gasteiger partial charge in [0.2, 0.25) is 0 Å². The Labute approximate surface area is 171 Å². The van der Waals surface area contributed by atoms with Gasteiger partial charge in [0, 0.05) is 6.20 Å². The average Bonchev–Trinajstić information content (AvgIpc) is 3.08. The summed E-state index contributed by atoms with van der Waals surface area (Å²) in [6, 6.07) is 3.49. The Morgan fingerprint density at radius 3 is 2.78 bits per heavy atom. The number of ether oxygens (including phenoxy) is 3. The minimum absolute atomic E-state index is 0.306. The van der Waals surface area contributed by atoms with Crippen LogP contribution in [-0.2, 0) is 9.53 Å². The van der Waals surface area contributed by atoms with Gasteiger partial charge in [-0.25, -0.2) is 9.79 Å². The third kappa shape index (κ3) is 3.73. The molecule has 1 aromatic carbocycles. The van der Waals surface area contributed by atoms with Crippen LogP contribution in [0.15, 0.2) is 44.5 Å². The van der Waals surface area contributed by atoms with Gasteiger partial charge in [0.25, 0.3) is 0 Å². The van der Waals surface area contributed by atoms with Gasteiger partial charge in [-0.3, -0.25) is 0 Å². The van der Waals surface area contributed by atoms with Crippen molar-refractivity contribution in [2.75, 3.05) is 20.3 Å². The van der Waals surface area contributed by atoms with Crippen molar-refractivity contribution in [1.82, 2.24) is 4.90 Å². The highest BCUT2D eigenvalue weighted by Crippen LogP contribution is 2.45. The summed E-state index contributed by atoms with van der Waals surface area (Å²) < 4.78 is 17.3. The molecule has 6 nitrogen and oxygen atoms in total. The average molecular weight is 453 g/mol. The number of hydrogen-bond donors (Lipinski definition) is 0. The molecule has 0 aromatic heterocycles.